The van der Waals surface area contributed by atoms with E-state index in [4.69, 9.17) is 12.2 Å². The van der Waals surface area contributed by atoms with Crippen molar-refractivity contribution in [3.8, 4) is 0 Å². The van der Waals surface area contributed by atoms with E-state index in [0.29, 0.717) is 0 Å². The van der Waals surface area contributed by atoms with Gasteiger partial charge in [-0.15, -0.1) is 0 Å². The van der Waals surface area contributed by atoms with Crippen molar-refractivity contribution in [3.63, 3.8) is 0 Å². The number of rotatable bonds is 2. The Morgan fingerprint density at radius 3 is 2.67 bits per heavy atom. The Hall–Kier alpha value is 0.0500. The molecular formula is C7H13NS. The van der Waals surface area contributed by atoms with Crippen LogP contribution >= 0.6 is 12.2 Å². The molecular weight excluding hydrogens is 130 g/mol. The summed E-state index contributed by atoms with van der Waals surface area (Å²) < 4.78 is 0. The summed E-state index contributed by atoms with van der Waals surface area (Å²) in [6.45, 7) is 2.38. The predicted molar refractivity (Wildman–Crippen MR) is 43.9 cm³/mol. The van der Waals surface area contributed by atoms with Gasteiger partial charge in [-0.2, -0.15) is 0 Å². The first-order chi connectivity index (χ1) is 4.43. The van der Waals surface area contributed by atoms with Crippen molar-refractivity contribution >= 4 is 17.6 Å². The van der Waals surface area contributed by atoms with E-state index in [-0.39, 0.29) is 0 Å². The molecule has 1 heterocycles. The average Bonchev–Trinajstić information content (AvgIpc) is 1.91. The number of hydrogen-bond acceptors (Lipinski definition) is 2. The van der Waals surface area contributed by atoms with E-state index in [0.717, 1.165) is 12.3 Å². The van der Waals surface area contributed by atoms with Crippen LogP contribution in [0.3, 0.4) is 0 Å². The van der Waals surface area contributed by atoms with Crippen LogP contribution in [0.25, 0.3) is 0 Å². The van der Waals surface area contributed by atoms with Crippen molar-refractivity contribution in [2.24, 2.45) is 5.92 Å². The highest BCUT2D eigenvalue weighted by Crippen LogP contribution is 2.13. The summed E-state index contributed by atoms with van der Waals surface area (Å²) >= 11 is 4.79. The number of thiocarbonyl (C=S) groups is 1. The topological polar surface area (TPSA) is 12.0 Å². The highest BCUT2D eigenvalue weighted by atomic mass is 32.1. The Morgan fingerprint density at radius 1 is 1.44 bits per heavy atom. The molecule has 0 unspecified atom stereocenters. The van der Waals surface area contributed by atoms with Crippen LogP contribution in [0, 0.1) is 5.92 Å². The van der Waals surface area contributed by atoms with Gasteiger partial charge in [-0.3, -0.25) is 0 Å². The zero-order chi connectivity index (χ0) is 6.53. The van der Waals surface area contributed by atoms with Gasteiger partial charge >= 0.3 is 0 Å². The molecule has 0 bridgehead atoms. The molecule has 0 spiro atoms. The molecule has 1 N–H and O–H groups in total. The largest absolute Gasteiger partial charge is 0.317 e. The second-order valence-corrected chi connectivity index (χ2v) is 2.93. The van der Waals surface area contributed by atoms with Gasteiger partial charge in [0.05, 0.1) is 0 Å². The Balaban J connectivity index is 2.15. The molecule has 52 valence electrons. The molecule has 9 heavy (non-hydrogen) atoms. The summed E-state index contributed by atoms with van der Waals surface area (Å²) in [7, 11) is 0. The molecule has 0 aromatic heterocycles. The average molecular weight is 143 g/mol. The Labute approximate surface area is 61.8 Å². The lowest BCUT2D eigenvalue weighted by Crippen LogP contribution is -2.27. The normalized spacial score (nSPS) is 21.8. The standard InChI is InChI=1S/C7H13NS/c9-6-3-7-1-4-8-5-2-7/h6-8H,1-5H2. The van der Waals surface area contributed by atoms with Gasteiger partial charge in [0.25, 0.3) is 0 Å². The lowest BCUT2D eigenvalue weighted by molar-refractivity contribution is 0.387. The molecule has 1 fully saturated rings. The Bertz CT molecular complexity index is 86.9. The first kappa shape index (κ1) is 7.16. The highest BCUT2D eigenvalue weighted by Gasteiger charge is 2.10. The van der Waals surface area contributed by atoms with E-state index in [1.54, 1.807) is 0 Å². The maximum atomic E-state index is 4.79. The second-order valence-electron chi connectivity index (χ2n) is 2.60. The van der Waals surface area contributed by atoms with E-state index in [1.807, 2.05) is 5.37 Å². The molecule has 0 aromatic rings. The van der Waals surface area contributed by atoms with Crippen LogP contribution in [0.2, 0.25) is 0 Å². The number of piperidine rings is 1. The first-order valence-electron chi connectivity index (χ1n) is 3.58. The summed E-state index contributed by atoms with van der Waals surface area (Å²) in [6.07, 6.45) is 3.76. The zero-order valence-corrected chi connectivity index (χ0v) is 6.41. The van der Waals surface area contributed by atoms with Gasteiger partial charge in [0.15, 0.2) is 0 Å². The van der Waals surface area contributed by atoms with Crippen LogP contribution in [0.4, 0.5) is 0 Å². The maximum Gasteiger partial charge on any atom is -0.00462 e. The van der Waals surface area contributed by atoms with Gasteiger partial charge in [-0.25, -0.2) is 0 Å². The molecule has 0 amide bonds. The van der Waals surface area contributed by atoms with E-state index >= 15 is 0 Å². The molecule has 1 nitrogen and oxygen atoms in total. The number of hydrogen-bond donors (Lipinski definition) is 1. The molecule has 0 saturated carbocycles. The lowest BCUT2D eigenvalue weighted by atomic mass is 9.96. The van der Waals surface area contributed by atoms with E-state index in [1.165, 1.54) is 25.9 Å². The van der Waals surface area contributed by atoms with Gasteiger partial charge in [-0.1, -0.05) is 12.2 Å². The fraction of sp³-hybridized carbons (Fsp3) is 0.857. The minimum absolute atomic E-state index is 0.878. The predicted octanol–water partition coefficient (Wildman–Crippen LogP) is 1.38. The third kappa shape index (κ3) is 2.41. The van der Waals surface area contributed by atoms with Crippen molar-refractivity contribution in [2.75, 3.05) is 13.1 Å². The minimum atomic E-state index is 0.878. The third-order valence-corrected chi connectivity index (χ3v) is 2.08. The quantitative estimate of drug-likeness (QED) is 0.586. The van der Waals surface area contributed by atoms with E-state index in [2.05, 4.69) is 5.32 Å². The zero-order valence-electron chi connectivity index (χ0n) is 5.60. The van der Waals surface area contributed by atoms with Crippen molar-refractivity contribution in [1.29, 1.82) is 0 Å². The van der Waals surface area contributed by atoms with Gasteiger partial charge in [0, 0.05) is 0 Å². The van der Waals surface area contributed by atoms with Gasteiger partial charge in [-0.05, 0) is 43.6 Å². The van der Waals surface area contributed by atoms with Crippen LogP contribution in [0.1, 0.15) is 19.3 Å². The maximum absolute atomic E-state index is 4.79. The van der Waals surface area contributed by atoms with Crippen LogP contribution in [0.15, 0.2) is 0 Å². The molecule has 1 aliphatic rings. The minimum Gasteiger partial charge on any atom is -0.317 e. The van der Waals surface area contributed by atoms with Gasteiger partial charge in [0.1, 0.15) is 0 Å². The van der Waals surface area contributed by atoms with Crippen LogP contribution in [0.5, 0.6) is 0 Å². The van der Waals surface area contributed by atoms with Crippen molar-refractivity contribution in [1.82, 2.24) is 5.32 Å². The summed E-state index contributed by atoms with van der Waals surface area (Å²) in [5.41, 5.74) is 0. The Morgan fingerprint density at radius 2 is 2.11 bits per heavy atom. The van der Waals surface area contributed by atoms with Crippen LogP contribution in [-0.2, 0) is 0 Å². The summed E-state index contributed by atoms with van der Waals surface area (Å²) in [5.74, 6) is 0.878. The third-order valence-electron chi connectivity index (χ3n) is 1.89. The second kappa shape index (κ2) is 3.96. The van der Waals surface area contributed by atoms with Crippen molar-refractivity contribution in [3.05, 3.63) is 0 Å². The molecule has 1 aliphatic heterocycles. The SMILES string of the molecule is S=CCC1CCNCC1. The Kier molecular flexibility index (Phi) is 3.15. The first-order valence-corrected chi connectivity index (χ1v) is 4.05. The van der Waals surface area contributed by atoms with Crippen LogP contribution < -0.4 is 5.32 Å². The fourth-order valence-corrected chi connectivity index (χ4v) is 1.53. The van der Waals surface area contributed by atoms with Crippen molar-refractivity contribution < 1.29 is 0 Å². The highest BCUT2D eigenvalue weighted by molar-refractivity contribution is 7.78. The monoisotopic (exact) mass is 143 g/mol. The summed E-state index contributed by atoms with van der Waals surface area (Å²) in [4.78, 5) is 0. The molecule has 0 radical (unpaired) electrons. The summed E-state index contributed by atoms with van der Waals surface area (Å²) in [5, 5.41) is 5.20. The lowest BCUT2D eigenvalue weighted by Gasteiger charge is -2.20. The smallest absolute Gasteiger partial charge is 0.00462 e. The number of nitrogens with one attached hydrogen (secondary N) is 1. The molecule has 0 aliphatic carbocycles. The van der Waals surface area contributed by atoms with Gasteiger partial charge in [0.2, 0.25) is 0 Å². The molecule has 2 heteroatoms. The van der Waals surface area contributed by atoms with E-state index < -0.39 is 0 Å². The molecule has 1 saturated heterocycles. The van der Waals surface area contributed by atoms with Crippen molar-refractivity contribution in [2.45, 2.75) is 19.3 Å². The van der Waals surface area contributed by atoms with Gasteiger partial charge < -0.3 is 5.32 Å². The molecule has 1 rings (SSSR count). The van der Waals surface area contributed by atoms with Crippen LogP contribution in [-0.4, -0.2) is 18.5 Å². The van der Waals surface area contributed by atoms with E-state index in [9.17, 15) is 0 Å². The fourth-order valence-electron chi connectivity index (χ4n) is 1.25. The molecule has 0 aromatic carbocycles. The summed E-state index contributed by atoms with van der Waals surface area (Å²) in [6, 6.07) is 0. The molecule has 0 atom stereocenters.